The normalized spacial score (nSPS) is 15.0. The van der Waals surface area contributed by atoms with Crippen LogP contribution in [0.15, 0.2) is 49.1 Å². The van der Waals surface area contributed by atoms with E-state index in [1.54, 1.807) is 24.2 Å². The number of methoxy groups -OCH3 is 1. The quantitative estimate of drug-likeness (QED) is 0.672. The van der Waals surface area contributed by atoms with Gasteiger partial charge in [-0.15, -0.1) is 0 Å². The van der Waals surface area contributed by atoms with Crippen molar-refractivity contribution in [2.75, 3.05) is 33.3 Å². The molecule has 1 aliphatic rings. The lowest BCUT2D eigenvalue weighted by atomic mass is 10.2. The van der Waals surface area contributed by atoms with Gasteiger partial charge < -0.3 is 14.2 Å². The van der Waals surface area contributed by atoms with Crippen LogP contribution in [0.3, 0.4) is 0 Å². The highest BCUT2D eigenvalue weighted by molar-refractivity contribution is 5.94. The van der Waals surface area contributed by atoms with Gasteiger partial charge in [-0.05, 0) is 12.1 Å². The van der Waals surface area contributed by atoms with E-state index in [0.29, 0.717) is 24.4 Å². The van der Waals surface area contributed by atoms with E-state index in [1.807, 2.05) is 53.2 Å². The maximum absolute atomic E-state index is 12.9. The van der Waals surface area contributed by atoms with Gasteiger partial charge in [-0.25, -0.2) is 9.67 Å². The summed E-state index contributed by atoms with van der Waals surface area (Å²) >= 11 is 0. The van der Waals surface area contributed by atoms with Crippen molar-refractivity contribution in [2.24, 2.45) is 7.05 Å². The van der Waals surface area contributed by atoms with Gasteiger partial charge in [0.1, 0.15) is 17.3 Å². The molecule has 28 heavy (non-hydrogen) atoms. The van der Waals surface area contributed by atoms with E-state index in [-0.39, 0.29) is 5.91 Å². The number of para-hydroxylation sites is 2. The molecule has 0 spiro atoms. The third-order valence-electron chi connectivity index (χ3n) is 5.11. The van der Waals surface area contributed by atoms with Crippen molar-refractivity contribution in [3.63, 3.8) is 0 Å². The first kappa shape index (κ1) is 18.2. The molecule has 4 rings (SSSR count). The number of carbonyl (C=O) groups excluding carboxylic acids is 1. The summed E-state index contributed by atoms with van der Waals surface area (Å²) in [7, 11) is 3.63. The molecule has 0 radical (unpaired) electrons. The van der Waals surface area contributed by atoms with Crippen LogP contribution in [-0.4, -0.2) is 68.3 Å². The van der Waals surface area contributed by atoms with Crippen LogP contribution >= 0.6 is 0 Å². The fourth-order valence-electron chi connectivity index (χ4n) is 3.42. The minimum atomic E-state index is 0.0118. The summed E-state index contributed by atoms with van der Waals surface area (Å²) in [6.07, 6.45) is 7.15. The Balaban J connectivity index is 1.39. The molecule has 1 aromatic carbocycles. The van der Waals surface area contributed by atoms with Gasteiger partial charge in [0, 0.05) is 51.8 Å². The number of ether oxygens (including phenoxy) is 1. The average Bonchev–Trinajstić information content (AvgIpc) is 3.38. The summed E-state index contributed by atoms with van der Waals surface area (Å²) in [5.74, 6) is 1.77. The van der Waals surface area contributed by atoms with Crippen LogP contribution in [0.5, 0.6) is 5.75 Å². The fourth-order valence-corrected chi connectivity index (χ4v) is 3.42. The number of nitrogens with zero attached hydrogens (tertiary/aromatic N) is 6. The van der Waals surface area contributed by atoms with Crippen LogP contribution in [0.4, 0.5) is 0 Å². The lowest BCUT2D eigenvalue weighted by Gasteiger charge is -2.34. The van der Waals surface area contributed by atoms with Crippen molar-refractivity contribution in [3.05, 3.63) is 60.4 Å². The van der Waals surface area contributed by atoms with Gasteiger partial charge in [0.05, 0.1) is 25.4 Å². The average molecular weight is 380 g/mol. The molecule has 2 aromatic heterocycles. The molecule has 1 aliphatic heterocycles. The molecule has 0 aliphatic carbocycles. The van der Waals surface area contributed by atoms with Gasteiger partial charge >= 0.3 is 0 Å². The van der Waals surface area contributed by atoms with Crippen LogP contribution in [0.2, 0.25) is 0 Å². The van der Waals surface area contributed by atoms with E-state index in [2.05, 4.69) is 15.0 Å². The molecular weight excluding hydrogens is 356 g/mol. The third-order valence-corrected chi connectivity index (χ3v) is 5.11. The zero-order valence-corrected chi connectivity index (χ0v) is 16.2. The maximum Gasteiger partial charge on any atom is 0.257 e. The summed E-state index contributed by atoms with van der Waals surface area (Å²) in [5.41, 5.74) is 1.40. The Labute approximate surface area is 164 Å². The summed E-state index contributed by atoms with van der Waals surface area (Å²) in [6.45, 7) is 3.86. The van der Waals surface area contributed by atoms with Gasteiger partial charge in [0.2, 0.25) is 0 Å². The number of carbonyl (C=O) groups is 1. The molecule has 8 nitrogen and oxygen atoms in total. The summed E-state index contributed by atoms with van der Waals surface area (Å²) in [6, 6.07) is 7.61. The molecule has 1 amide bonds. The van der Waals surface area contributed by atoms with E-state index in [9.17, 15) is 4.79 Å². The smallest absolute Gasteiger partial charge is 0.257 e. The molecule has 146 valence electrons. The zero-order chi connectivity index (χ0) is 19.5. The molecule has 1 fully saturated rings. The molecule has 1 saturated heterocycles. The van der Waals surface area contributed by atoms with E-state index in [0.717, 1.165) is 31.1 Å². The number of benzene rings is 1. The van der Waals surface area contributed by atoms with Crippen LogP contribution in [-0.2, 0) is 13.6 Å². The molecule has 8 heteroatoms. The van der Waals surface area contributed by atoms with Gasteiger partial charge in [-0.1, -0.05) is 12.1 Å². The number of hydrogen-bond acceptors (Lipinski definition) is 5. The molecule has 0 unspecified atom stereocenters. The number of piperazine rings is 1. The minimum absolute atomic E-state index is 0.0118. The molecule has 0 saturated carbocycles. The highest BCUT2D eigenvalue weighted by Crippen LogP contribution is 2.22. The minimum Gasteiger partial charge on any atom is -0.494 e. The van der Waals surface area contributed by atoms with E-state index in [4.69, 9.17) is 4.74 Å². The van der Waals surface area contributed by atoms with Crippen LogP contribution in [0, 0.1) is 0 Å². The Kier molecular flexibility index (Phi) is 5.12. The van der Waals surface area contributed by atoms with E-state index >= 15 is 0 Å². The first-order valence-electron chi connectivity index (χ1n) is 9.31. The fraction of sp³-hybridized carbons (Fsp3) is 0.350. The largest absolute Gasteiger partial charge is 0.494 e. The second kappa shape index (κ2) is 7.85. The van der Waals surface area contributed by atoms with Crippen molar-refractivity contribution in [1.82, 2.24) is 29.1 Å². The lowest BCUT2D eigenvalue weighted by Crippen LogP contribution is -2.48. The molecule has 3 heterocycles. The Hall–Kier alpha value is -3.13. The lowest BCUT2D eigenvalue weighted by molar-refractivity contribution is 0.0624. The Morgan fingerprint density at radius 3 is 2.68 bits per heavy atom. The van der Waals surface area contributed by atoms with E-state index in [1.165, 1.54) is 0 Å². The highest BCUT2D eigenvalue weighted by atomic mass is 16.5. The second-order valence-corrected chi connectivity index (χ2v) is 6.87. The van der Waals surface area contributed by atoms with Crippen molar-refractivity contribution >= 4 is 5.91 Å². The van der Waals surface area contributed by atoms with Crippen molar-refractivity contribution in [3.8, 4) is 11.4 Å². The summed E-state index contributed by atoms with van der Waals surface area (Å²) in [5, 5.41) is 4.35. The monoisotopic (exact) mass is 380 g/mol. The zero-order valence-electron chi connectivity index (χ0n) is 16.2. The van der Waals surface area contributed by atoms with Gasteiger partial charge in [0.15, 0.2) is 0 Å². The van der Waals surface area contributed by atoms with Gasteiger partial charge in [0.25, 0.3) is 5.91 Å². The molecule has 0 bridgehead atoms. The first-order valence-corrected chi connectivity index (χ1v) is 9.31. The summed E-state index contributed by atoms with van der Waals surface area (Å²) in [4.78, 5) is 21.5. The Bertz CT molecular complexity index is 955. The van der Waals surface area contributed by atoms with Crippen molar-refractivity contribution < 1.29 is 9.53 Å². The highest BCUT2D eigenvalue weighted by Gasteiger charge is 2.24. The molecular formula is C20H24N6O2. The number of aryl methyl sites for hydroxylation is 1. The molecule has 0 atom stereocenters. The van der Waals surface area contributed by atoms with Gasteiger partial charge in [-0.2, -0.15) is 5.10 Å². The standard InChI is InChI=1S/C20H24N6O2/c1-23-8-7-21-19(23)15-24-9-11-25(12-10-24)20(27)16-13-22-26(14-16)17-5-3-4-6-18(17)28-2/h3-8,13-14H,9-12,15H2,1-2H3. The van der Waals surface area contributed by atoms with Crippen molar-refractivity contribution in [1.29, 1.82) is 0 Å². The predicted octanol–water partition coefficient (Wildman–Crippen LogP) is 1.57. The molecule has 3 aromatic rings. The second-order valence-electron chi connectivity index (χ2n) is 6.87. The number of hydrogen-bond donors (Lipinski definition) is 0. The first-order chi connectivity index (χ1) is 13.7. The number of amides is 1. The van der Waals surface area contributed by atoms with Gasteiger partial charge in [-0.3, -0.25) is 9.69 Å². The maximum atomic E-state index is 12.9. The van der Waals surface area contributed by atoms with E-state index < -0.39 is 0 Å². The number of imidazole rings is 1. The SMILES string of the molecule is COc1ccccc1-n1cc(C(=O)N2CCN(Cc3nccn3C)CC2)cn1. The number of rotatable bonds is 5. The predicted molar refractivity (Wildman–Crippen MR) is 105 cm³/mol. The third kappa shape index (κ3) is 3.63. The Morgan fingerprint density at radius 2 is 1.96 bits per heavy atom. The number of aromatic nitrogens is 4. The van der Waals surface area contributed by atoms with Crippen molar-refractivity contribution in [2.45, 2.75) is 6.54 Å². The van der Waals surface area contributed by atoms with Crippen LogP contribution < -0.4 is 4.74 Å². The van der Waals surface area contributed by atoms with Crippen LogP contribution in [0.25, 0.3) is 5.69 Å². The van der Waals surface area contributed by atoms with Crippen LogP contribution in [0.1, 0.15) is 16.2 Å². The summed E-state index contributed by atoms with van der Waals surface area (Å²) < 4.78 is 9.10. The topological polar surface area (TPSA) is 68.4 Å². The Morgan fingerprint density at radius 1 is 1.18 bits per heavy atom. The molecule has 0 N–H and O–H groups in total.